The lowest BCUT2D eigenvalue weighted by molar-refractivity contribution is 0.405. The molecule has 6 nitrogen and oxygen atoms in total. The molecule has 0 amide bonds. The van der Waals surface area contributed by atoms with E-state index in [1.807, 2.05) is 60.7 Å². The van der Waals surface area contributed by atoms with Gasteiger partial charge >= 0.3 is 0 Å². The lowest BCUT2D eigenvalue weighted by atomic mass is 10.1. The average Bonchev–Trinajstić information content (AvgIpc) is 3.15. The van der Waals surface area contributed by atoms with Crippen LogP contribution in [0.15, 0.2) is 70.1 Å². The fourth-order valence-electron chi connectivity index (χ4n) is 2.71. The van der Waals surface area contributed by atoms with Crippen molar-refractivity contribution in [3.8, 4) is 22.8 Å². The van der Waals surface area contributed by atoms with Gasteiger partial charge in [-0.25, -0.2) is 4.98 Å². The van der Waals surface area contributed by atoms with Gasteiger partial charge in [0.25, 0.3) is 5.71 Å². The van der Waals surface area contributed by atoms with E-state index >= 15 is 0 Å². The Hall–Kier alpha value is -3.19. The molecule has 1 N–H and O–H groups in total. The van der Waals surface area contributed by atoms with Crippen LogP contribution in [0.25, 0.3) is 22.4 Å². The van der Waals surface area contributed by atoms with Crippen LogP contribution < -0.4 is 14.2 Å². The van der Waals surface area contributed by atoms with Crippen molar-refractivity contribution < 1.29 is 14.0 Å². The van der Waals surface area contributed by atoms with Gasteiger partial charge in [-0.1, -0.05) is 47.6 Å². The molecule has 2 aromatic carbocycles. The zero-order chi connectivity index (χ0) is 18.6. The molecule has 0 radical (unpaired) electrons. The van der Waals surface area contributed by atoms with Gasteiger partial charge < -0.3 is 18.7 Å². The maximum atomic E-state index is 5.57. The number of hydrogen-bond acceptors (Lipinski definition) is 7. The Bertz CT molecular complexity index is 1070. The second kappa shape index (κ2) is 7.59. The van der Waals surface area contributed by atoms with Crippen molar-refractivity contribution in [2.75, 3.05) is 18.9 Å². The minimum absolute atomic E-state index is 0.413. The molecular weight excluding hydrogens is 362 g/mol. The molecule has 0 aliphatic rings. The van der Waals surface area contributed by atoms with Crippen LogP contribution >= 0.6 is 11.9 Å². The van der Waals surface area contributed by atoms with Crippen LogP contribution in [0.3, 0.4) is 0 Å². The minimum Gasteiger partial charge on any atom is -0.496 e. The van der Waals surface area contributed by atoms with Crippen molar-refractivity contribution in [2.24, 2.45) is 0 Å². The average molecular weight is 379 g/mol. The van der Waals surface area contributed by atoms with Crippen LogP contribution in [-0.2, 0) is 0 Å². The van der Waals surface area contributed by atoms with Crippen LogP contribution in [0.1, 0.15) is 0 Å². The van der Waals surface area contributed by atoms with Crippen LogP contribution in [0, 0.1) is 0 Å². The maximum Gasteiger partial charge on any atom is 0.264 e. The Morgan fingerprint density at radius 2 is 1.67 bits per heavy atom. The Morgan fingerprint density at radius 1 is 0.926 bits per heavy atom. The van der Waals surface area contributed by atoms with Crippen LogP contribution in [0.5, 0.6) is 11.5 Å². The standard InChI is InChI=1S/C20H17N3O3S/c1-24-15-10-6-7-11-17(15)27-23-19-18-16(25-2)12-14(21-20(18)26-22-19)13-8-4-3-5-9-13/h3-12H,1-2H3,(H,22,23). The van der Waals surface area contributed by atoms with Gasteiger partial charge in [-0.2, -0.15) is 0 Å². The van der Waals surface area contributed by atoms with Gasteiger partial charge in [0.15, 0.2) is 5.82 Å². The molecule has 136 valence electrons. The van der Waals surface area contributed by atoms with Gasteiger partial charge in [-0.15, -0.1) is 0 Å². The maximum absolute atomic E-state index is 5.57. The fourth-order valence-corrected chi connectivity index (χ4v) is 3.46. The van der Waals surface area contributed by atoms with Crippen LogP contribution in [0.4, 0.5) is 5.82 Å². The number of aromatic nitrogens is 2. The summed E-state index contributed by atoms with van der Waals surface area (Å²) in [5.41, 5.74) is 2.16. The molecule has 0 saturated heterocycles. The first-order valence-electron chi connectivity index (χ1n) is 8.26. The second-order valence-electron chi connectivity index (χ2n) is 5.64. The van der Waals surface area contributed by atoms with Crippen molar-refractivity contribution in [3.63, 3.8) is 0 Å². The van der Waals surface area contributed by atoms with Crippen molar-refractivity contribution in [1.82, 2.24) is 10.1 Å². The summed E-state index contributed by atoms with van der Waals surface area (Å²) in [6.45, 7) is 0. The molecular formula is C20H17N3O3S. The largest absolute Gasteiger partial charge is 0.496 e. The molecule has 0 bridgehead atoms. The number of nitrogens with zero attached hydrogens (tertiary/aromatic N) is 2. The van der Waals surface area contributed by atoms with Crippen molar-refractivity contribution in [1.29, 1.82) is 0 Å². The Labute approximate surface area is 160 Å². The number of anilines is 1. The SMILES string of the molecule is COc1ccccc1SNc1noc2nc(-c3ccccc3)cc(OC)c12. The minimum atomic E-state index is 0.413. The van der Waals surface area contributed by atoms with E-state index in [0.29, 0.717) is 22.7 Å². The summed E-state index contributed by atoms with van der Waals surface area (Å²) < 4.78 is 19.6. The van der Waals surface area contributed by atoms with E-state index in [2.05, 4.69) is 14.9 Å². The molecule has 7 heteroatoms. The Balaban J connectivity index is 1.68. The van der Waals surface area contributed by atoms with Gasteiger partial charge in [-0.3, -0.25) is 0 Å². The third kappa shape index (κ3) is 3.41. The first-order chi connectivity index (χ1) is 13.3. The number of fused-ring (bicyclic) bond motifs is 1. The molecule has 0 unspecified atom stereocenters. The fraction of sp³-hybridized carbons (Fsp3) is 0.100. The molecule has 0 spiro atoms. The number of methoxy groups -OCH3 is 2. The highest BCUT2D eigenvalue weighted by Crippen LogP contribution is 2.37. The number of hydrogen-bond donors (Lipinski definition) is 1. The van der Waals surface area contributed by atoms with Crippen molar-refractivity contribution in [2.45, 2.75) is 4.90 Å². The Morgan fingerprint density at radius 3 is 2.44 bits per heavy atom. The molecule has 4 rings (SSSR count). The summed E-state index contributed by atoms with van der Waals surface area (Å²) in [4.78, 5) is 5.51. The molecule has 0 aliphatic carbocycles. The lowest BCUT2D eigenvalue weighted by Crippen LogP contribution is -1.93. The quantitative estimate of drug-likeness (QED) is 0.471. The van der Waals surface area contributed by atoms with Gasteiger partial charge in [0.1, 0.15) is 16.9 Å². The van der Waals surface area contributed by atoms with Crippen molar-refractivity contribution >= 4 is 28.9 Å². The van der Waals surface area contributed by atoms with E-state index in [0.717, 1.165) is 21.9 Å². The highest BCUT2D eigenvalue weighted by molar-refractivity contribution is 8.00. The van der Waals surface area contributed by atoms with E-state index in [9.17, 15) is 0 Å². The Kier molecular flexibility index (Phi) is 4.84. The number of ether oxygens (including phenoxy) is 2. The molecule has 27 heavy (non-hydrogen) atoms. The van der Waals surface area contributed by atoms with E-state index in [4.69, 9.17) is 14.0 Å². The molecule has 0 aliphatic heterocycles. The summed E-state index contributed by atoms with van der Waals surface area (Å²) in [7, 11) is 3.26. The van der Waals surface area contributed by atoms with Gasteiger partial charge in [0.2, 0.25) is 0 Å². The lowest BCUT2D eigenvalue weighted by Gasteiger charge is -2.09. The normalized spacial score (nSPS) is 10.7. The predicted molar refractivity (Wildman–Crippen MR) is 106 cm³/mol. The van der Waals surface area contributed by atoms with E-state index in [1.54, 1.807) is 14.2 Å². The molecule has 0 saturated carbocycles. The number of rotatable bonds is 6. The molecule has 2 aromatic heterocycles. The van der Waals surface area contributed by atoms with Crippen LogP contribution in [0.2, 0.25) is 0 Å². The highest BCUT2D eigenvalue weighted by atomic mass is 32.2. The predicted octanol–water partition coefficient (Wildman–Crippen LogP) is 5.03. The second-order valence-corrected chi connectivity index (χ2v) is 6.49. The third-order valence-corrected chi connectivity index (χ3v) is 4.88. The van der Waals surface area contributed by atoms with E-state index < -0.39 is 0 Å². The smallest absolute Gasteiger partial charge is 0.264 e. The van der Waals surface area contributed by atoms with E-state index in [1.165, 1.54) is 11.9 Å². The number of benzene rings is 2. The summed E-state index contributed by atoms with van der Waals surface area (Å²) >= 11 is 1.38. The van der Waals surface area contributed by atoms with Crippen LogP contribution in [-0.4, -0.2) is 24.4 Å². The molecule has 2 heterocycles. The summed E-state index contributed by atoms with van der Waals surface area (Å²) in [6.07, 6.45) is 0. The van der Waals surface area contributed by atoms with Crippen molar-refractivity contribution in [3.05, 3.63) is 60.7 Å². The topological polar surface area (TPSA) is 69.4 Å². The first-order valence-corrected chi connectivity index (χ1v) is 9.07. The van der Waals surface area contributed by atoms with Gasteiger partial charge in [-0.05, 0) is 24.1 Å². The zero-order valence-corrected chi connectivity index (χ0v) is 15.6. The number of pyridine rings is 1. The van der Waals surface area contributed by atoms with Gasteiger partial charge in [0.05, 0.1) is 24.8 Å². The third-order valence-electron chi connectivity index (χ3n) is 4.03. The molecule has 0 atom stereocenters. The summed E-state index contributed by atoms with van der Waals surface area (Å²) in [5.74, 6) is 1.97. The molecule has 4 aromatic rings. The number of nitrogens with one attached hydrogen (secondary N) is 1. The summed E-state index contributed by atoms with van der Waals surface area (Å²) in [5, 5.41) is 4.81. The highest BCUT2D eigenvalue weighted by Gasteiger charge is 2.18. The number of para-hydroxylation sites is 1. The summed E-state index contributed by atoms with van der Waals surface area (Å²) in [6, 6.07) is 19.5. The zero-order valence-electron chi connectivity index (χ0n) is 14.8. The first kappa shape index (κ1) is 17.2. The molecule has 0 fully saturated rings. The van der Waals surface area contributed by atoms with Gasteiger partial charge in [0, 0.05) is 11.6 Å². The monoisotopic (exact) mass is 379 g/mol. The van der Waals surface area contributed by atoms with E-state index in [-0.39, 0.29) is 0 Å².